The van der Waals surface area contributed by atoms with Crippen LogP contribution in [0.15, 0.2) is 66.7 Å². The monoisotopic (exact) mass is 350 g/mol. The quantitative estimate of drug-likeness (QED) is 0.424. The summed E-state index contributed by atoms with van der Waals surface area (Å²) in [4.78, 5) is 23.4. The van der Waals surface area contributed by atoms with Crippen molar-refractivity contribution in [2.24, 2.45) is 0 Å². The van der Waals surface area contributed by atoms with Crippen molar-refractivity contribution in [2.75, 3.05) is 0 Å². The van der Waals surface area contributed by atoms with Gasteiger partial charge in [0.15, 0.2) is 5.78 Å². The summed E-state index contributed by atoms with van der Waals surface area (Å²) < 4.78 is 18.9. The molecule has 3 aromatic carbocycles. The number of Topliss-reactive ketones (excluding diaryl/α,β-unsaturated/α-hetero) is 1. The minimum absolute atomic E-state index is 0.0279. The Kier molecular flexibility index (Phi) is 4.80. The van der Waals surface area contributed by atoms with E-state index in [1.54, 1.807) is 48.5 Å². The van der Waals surface area contributed by atoms with Gasteiger partial charge in [-0.15, -0.1) is 0 Å². The van der Waals surface area contributed by atoms with Crippen LogP contribution in [0, 0.1) is 5.82 Å². The number of ketones is 1. The van der Waals surface area contributed by atoms with E-state index < -0.39 is 17.6 Å². The molecule has 1 N–H and O–H groups in total. The summed E-state index contributed by atoms with van der Waals surface area (Å²) in [6.45, 7) is 1.26. The van der Waals surface area contributed by atoms with Crippen molar-refractivity contribution in [3.05, 3.63) is 83.7 Å². The number of carbonyl (C=O) groups excluding carboxylic acids is 2. The number of hydrogen-bond donors (Lipinski definition) is 1. The van der Waals surface area contributed by atoms with Crippen molar-refractivity contribution in [1.82, 2.24) is 0 Å². The van der Waals surface area contributed by atoms with Crippen molar-refractivity contribution >= 4 is 11.8 Å². The van der Waals surface area contributed by atoms with Crippen LogP contribution in [-0.4, -0.2) is 16.9 Å². The van der Waals surface area contributed by atoms with Crippen LogP contribution < -0.4 is 4.74 Å². The fraction of sp³-hybridized carbons (Fsp3) is 0.0476. The molecule has 0 aromatic heterocycles. The molecule has 0 amide bonds. The smallest absolute Gasteiger partial charge is 0.343 e. The average molecular weight is 350 g/mol. The minimum Gasteiger partial charge on any atom is -0.508 e. The molecule has 0 aliphatic heterocycles. The highest BCUT2D eigenvalue weighted by Gasteiger charge is 2.12. The standard InChI is InChI=1S/C21H15FO4/c1-13(23)19-11-10-18(12-20(19)22)26-21(25)16-4-2-14(3-5-16)15-6-8-17(24)9-7-15/h2-12,24H,1H3. The van der Waals surface area contributed by atoms with Gasteiger partial charge in [-0.3, -0.25) is 4.79 Å². The predicted molar refractivity (Wildman–Crippen MR) is 94.9 cm³/mol. The topological polar surface area (TPSA) is 63.6 Å². The van der Waals surface area contributed by atoms with Crippen LogP contribution in [0.1, 0.15) is 27.6 Å². The fourth-order valence-electron chi connectivity index (χ4n) is 2.46. The lowest BCUT2D eigenvalue weighted by Gasteiger charge is -2.07. The van der Waals surface area contributed by atoms with Crippen LogP contribution in [0.5, 0.6) is 11.5 Å². The van der Waals surface area contributed by atoms with E-state index in [-0.39, 0.29) is 17.1 Å². The Morgan fingerprint density at radius 2 is 1.46 bits per heavy atom. The molecule has 3 aromatic rings. The summed E-state index contributed by atoms with van der Waals surface area (Å²) >= 11 is 0. The molecule has 0 unspecified atom stereocenters. The molecule has 0 aliphatic carbocycles. The zero-order valence-electron chi connectivity index (χ0n) is 13.9. The highest BCUT2D eigenvalue weighted by atomic mass is 19.1. The molecule has 4 nitrogen and oxygen atoms in total. The van der Waals surface area contributed by atoms with Crippen molar-refractivity contribution < 1.29 is 23.8 Å². The maximum absolute atomic E-state index is 13.8. The molecule has 0 radical (unpaired) electrons. The number of carbonyl (C=O) groups is 2. The Labute approximate surface area is 149 Å². The summed E-state index contributed by atoms with van der Waals surface area (Å²) in [6, 6.07) is 17.1. The first-order valence-corrected chi connectivity index (χ1v) is 7.86. The Bertz CT molecular complexity index is 960. The van der Waals surface area contributed by atoms with Gasteiger partial charge in [0.25, 0.3) is 0 Å². The zero-order chi connectivity index (χ0) is 18.7. The van der Waals surface area contributed by atoms with Gasteiger partial charge < -0.3 is 9.84 Å². The Hall–Kier alpha value is -3.47. The Morgan fingerprint density at radius 1 is 0.885 bits per heavy atom. The second-order valence-electron chi connectivity index (χ2n) is 5.71. The van der Waals surface area contributed by atoms with Gasteiger partial charge in [0.05, 0.1) is 11.1 Å². The van der Waals surface area contributed by atoms with E-state index in [1.807, 2.05) is 0 Å². The van der Waals surface area contributed by atoms with Crippen LogP contribution in [0.25, 0.3) is 11.1 Å². The fourth-order valence-corrected chi connectivity index (χ4v) is 2.46. The van der Waals surface area contributed by atoms with Gasteiger partial charge in [0.1, 0.15) is 17.3 Å². The number of hydrogen-bond acceptors (Lipinski definition) is 4. The van der Waals surface area contributed by atoms with Crippen molar-refractivity contribution in [2.45, 2.75) is 6.92 Å². The predicted octanol–water partition coefficient (Wildman–Crippen LogP) is 4.62. The number of esters is 1. The number of rotatable bonds is 4. The number of benzene rings is 3. The molecular formula is C21H15FO4. The molecule has 0 heterocycles. The summed E-state index contributed by atoms with van der Waals surface area (Å²) in [5.41, 5.74) is 2.02. The summed E-state index contributed by atoms with van der Waals surface area (Å²) in [7, 11) is 0. The van der Waals surface area contributed by atoms with Crippen molar-refractivity contribution in [3.8, 4) is 22.6 Å². The van der Waals surface area contributed by atoms with Gasteiger partial charge >= 0.3 is 5.97 Å². The molecular weight excluding hydrogens is 335 g/mol. The molecule has 0 spiro atoms. The number of phenolic OH excluding ortho intramolecular Hbond substituents is 1. The first-order valence-electron chi connectivity index (χ1n) is 7.86. The van der Waals surface area contributed by atoms with Gasteiger partial charge in [-0.1, -0.05) is 24.3 Å². The zero-order valence-corrected chi connectivity index (χ0v) is 13.9. The lowest BCUT2D eigenvalue weighted by molar-refractivity contribution is 0.0734. The molecule has 0 saturated carbocycles. The maximum Gasteiger partial charge on any atom is 0.343 e. The third-order valence-corrected chi connectivity index (χ3v) is 3.85. The van der Waals surface area contributed by atoms with Crippen molar-refractivity contribution in [1.29, 1.82) is 0 Å². The number of halogens is 1. The van der Waals surface area contributed by atoms with Crippen LogP contribution in [-0.2, 0) is 0 Å². The Morgan fingerprint density at radius 3 is 2.00 bits per heavy atom. The molecule has 0 aliphatic rings. The lowest BCUT2D eigenvalue weighted by Crippen LogP contribution is -2.09. The molecule has 0 bridgehead atoms. The van der Waals surface area contributed by atoms with Crippen LogP contribution in [0.2, 0.25) is 0 Å². The molecule has 0 fully saturated rings. The summed E-state index contributed by atoms with van der Waals surface area (Å²) in [5, 5.41) is 9.32. The maximum atomic E-state index is 13.8. The molecule has 3 rings (SSSR count). The van der Waals surface area contributed by atoms with Gasteiger partial charge in [0, 0.05) is 6.07 Å². The van der Waals surface area contributed by atoms with E-state index in [0.717, 1.165) is 17.2 Å². The highest BCUT2D eigenvalue weighted by Crippen LogP contribution is 2.23. The van der Waals surface area contributed by atoms with Crippen LogP contribution in [0.3, 0.4) is 0 Å². The van der Waals surface area contributed by atoms with Gasteiger partial charge in [-0.05, 0) is 54.4 Å². The number of phenols is 1. The van der Waals surface area contributed by atoms with E-state index in [0.29, 0.717) is 5.56 Å². The van der Waals surface area contributed by atoms with Crippen molar-refractivity contribution in [3.63, 3.8) is 0 Å². The molecule has 130 valence electrons. The first-order chi connectivity index (χ1) is 12.4. The van der Waals surface area contributed by atoms with Gasteiger partial charge in [0.2, 0.25) is 0 Å². The van der Waals surface area contributed by atoms with E-state index in [4.69, 9.17) is 4.74 Å². The SMILES string of the molecule is CC(=O)c1ccc(OC(=O)c2ccc(-c3ccc(O)cc3)cc2)cc1F. The largest absolute Gasteiger partial charge is 0.508 e. The second-order valence-corrected chi connectivity index (χ2v) is 5.71. The molecule has 26 heavy (non-hydrogen) atoms. The third-order valence-electron chi connectivity index (χ3n) is 3.85. The van der Waals surface area contributed by atoms with Gasteiger partial charge in [-0.25, -0.2) is 9.18 Å². The van der Waals surface area contributed by atoms with E-state index >= 15 is 0 Å². The molecule has 0 atom stereocenters. The van der Waals surface area contributed by atoms with Gasteiger partial charge in [-0.2, -0.15) is 0 Å². The third kappa shape index (κ3) is 3.78. The minimum atomic E-state index is -0.731. The molecule has 5 heteroatoms. The van der Waals surface area contributed by atoms with E-state index in [2.05, 4.69) is 0 Å². The second kappa shape index (κ2) is 7.19. The van der Waals surface area contributed by atoms with Crippen LogP contribution >= 0.6 is 0 Å². The van der Waals surface area contributed by atoms with Crippen LogP contribution in [0.4, 0.5) is 4.39 Å². The number of ether oxygens (including phenoxy) is 1. The summed E-state index contributed by atoms with van der Waals surface area (Å²) in [6.07, 6.45) is 0. The van der Waals surface area contributed by atoms with E-state index in [9.17, 15) is 19.1 Å². The van der Waals surface area contributed by atoms with E-state index in [1.165, 1.54) is 19.1 Å². The Balaban J connectivity index is 1.75. The molecule has 0 saturated heterocycles. The average Bonchev–Trinajstić information content (AvgIpc) is 2.62. The first kappa shape index (κ1) is 17.4. The lowest BCUT2D eigenvalue weighted by atomic mass is 10.0. The highest BCUT2D eigenvalue weighted by molar-refractivity contribution is 5.95. The number of aromatic hydroxyl groups is 1. The summed E-state index contributed by atoms with van der Waals surface area (Å²) in [5.74, 6) is -1.55. The normalized spacial score (nSPS) is 10.4.